The molecule has 0 aliphatic heterocycles. The summed E-state index contributed by atoms with van der Waals surface area (Å²) in [6.45, 7) is 13.2. The maximum Gasteiger partial charge on any atom is 0.00772 e. The Kier molecular flexibility index (Phi) is 16.7. The minimum atomic E-state index is 1.06. The third-order valence-electron chi connectivity index (χ3n) is 2.85. The van der Waals surface area contributed by atoms with E-state index in [1.165, 1.54) is 25.7 Å². The van der Waals surface area contributed by atoms with Crippen LogP contribution in [-0.2, 0) is 0 Å². The van der Waals surface area contributed by atoms with E-state index in [1.54, 1.807) is 0 Å². The maximum absolute atomic E-state index is 3.43. The van der Waals surface area contributed by atoms with Gasteiger partial charge in [0.2, 0.25) is 0 Å². The van der Waals surface area contributed by atoms with Crippen LogP contribution in [0.4, 0.5) is 0 Å². The van der Waals surface area contributed by atoms with Gasteiger partial charge in [0, 0.05) is 39.3 Å². The highest BCUT2D eigenvalue weighted by Gasteiger charge is 1.89. The largest absolute Gasteiger partial charge is 0.315 e. The number of rotatable bonds is 15. The Labute approximate surface area is 114 Å². The van der Waals surface area contributed by atoms with Crippen molar-refractivity contribution in [2.45, 2.75) is 39.5 Å². The number of nitrogens with one attached hydrogen (secondary N) is 4. The molecule has 0 spiro atoms. The Bertz CT molecular complexity index is 126. The van der Waals surface area contributed by atoms with Gasteiger partial charge in [-0.15, -0.1) is 0 Å². The third-order valence-corrected chi connectivity index (χ3v) is 2.85. The first-order valence-electron chi connectivity index (χ1n) is 7.74. The molecule has 0 rings (SSSR count). The summed E-state index contributed by atoms with van der Waals surface area (Å²) in [4.78, 5) is 0. The minimum absolute atomic E-state index is 1.06. The SMILES string of the molecule is CCCCNCCNCCNCCNCCCC. The smallest absolute Gasteiger partial charge is 0.00772 e. The standard InChI is InChI=1S/C14H34N4/c1-3-5-7-15-9-11-17-13-14-18-12-10-16-8-6-4-2/h15-18H,3-14H2,1-2H3. The first-order chi connectivity index (χ1) is 8.91. The second kappa shape index (κ2) is 16.8. The predicted octanol–water partition coefficient (Wildman–Crippen LogP) is 0.945. The third kappa shape index (κ3) is 15.8. The van der Waals surface area contributed by atoms with Crippen molar-refractivity contribution in [1.29, 1.82) is 0 Å². The molecular weight excluding hydrogens is 224 g/mol. The molecule has 0 amide bonds. The lowest BCUT2D eigenvalue weighted by Gasteiger charge is -2.08. The lowest BCUT2D eigenvalue weighted by molar-refractivity contribution is 0.557. The lowest BCUT2D eigenvalue weighted by Crippen LogP contribution is -2.35. The van der Waals surface area contributed by atoms with Crippen molar-refractivity contribution in [1.82, 2.24) is 21.3 Å². The Morgan fingerprint density at radius 3 is 1.00 bits per heavy atom. The Morgan fingerprint density at radius 2 is 0.722 bits per heavy atom. The average Bonchev–Trinajstić information content (AvgIpc) is 2.39. The van der Waals surface area contributed by atoms with E-state index >= 15 is 0 Å². The summed E-state index contributed by atoms with van der Waals surface area (Å²) in [5.74, 6) is 0. The second-order valence-corrected chi connectivity index (χ2v) is 4.71. The molecule has 0 heterocycles. The van der Waals surface area contributed by atoms with E-state index in [-0.39, 0.29) is 0 Å². The fraction of sp³-hybridized carbons (Fsp3) is 1.00. The fourth-order valence-electron chi connectivity index (χ4n) is 1.63. The molecule has 4 N–H and O–H groups in total. The van der Waals surface area contributed by atoms with Crippen LogP contribution in [0.5, 0.6) is 0 Å². The number of hydrogen-bond donors (Lipinski definition) is 4. The van der Waals surface area contributed by atoms with Crippen molar-refractivity contribution < 1.29 is 0 Å². The van der Waals surface area contributed by atoms with Gasteiger partial charge < -0.3 is 21.3 Å². The molecule has 4 heteroatoms. The van der Waals surface area contributed by atoms with E-state index in [4.69, 9.17) is 0 Å². The molecule has 0 saturated carbocycles. The van der Waals surface area contributed by atoms with E-state index in [2.05, 4.69) is 35.1 Å². The summed E-state index contributed by atoms with van der Waals surface area (Å²) >= 11 is 0. The van der Waals surface area contributed by atoms with Crippen LogP contribution in [0.2, 0.25) is 0 Å². The van der Waals surface area contributed by atoms with Crippen LogP contribution in [0, 0.1) is 0 Å². The quantitative estimate of drug-likeness (QED) is 0.330. The highest BCUT2D eigenvalue weighted by molar-refractivity contribution is 4.56. The highest BCUT2D eigenvalue weighted by atomic mass is 15.0. The average molecular weight is 258 g/mol. The molecule has 0 aromatic carbocycles. The Balaban J connectivity index is 2.86. The molecule has 0 bridgehead atoms. The molecule has 0 aliphatic carbocycles. The predicted molar refractivity (Wildman–Crippen MR) is 81.3 cm³/mol. The first-order valence-corrected chi connectivity index (χ1v) is 7.74. The molecule has 4 nitrogen and oxygen atoms in total. The van der Waals surface area contributed by atoms with Crippen molar-refractivity contribution in [2.24, 2.45) is 0 Å². The second-order valence-electron chi connectivity index (χ2n) is 4.71. The van der Waals surface area contributed by atoms with Crippen LogP contribution in [0.25, 0.3) is 0 Å². The molecule has 0 unspecified atom stereocenters. The van der Waals surface area contributed by atoms with E-state index in [0.29, 0.717) is 0 Å². The van der Waals surface area contributed by atoms with Gasteiger partial charge in [-0.1, -0.05) is 26.7 Å². The van der Waals surface area contributed by atoms with Crippen molar-refractivity contribution >= 4 is 0 Å². The monoisotopic (exact) mass is 258 g/mol. The van der Waals surface area contributed by atoms with Crippen molar-refractivity contribution in [3.8, 4) is 0 Å². The van der Waals surface area contributed by atoms with Gasteiger partial charge >= 0.3 is 0 Å². The molecule has 0 saturated heterocycles. The maximum atomic E-state index is 3.43. The van der Waals surface area contributed by atoms with Crippen molar-refractivity contribution in [3.63, 3.8) is 0 Å². The van der Waals surface area contributed by atoms with Crippen molar-refractivity contribution in [3.05, 3.63) is 0 Å². The minimum Gasteiger partial charge on any atom is -0.315 e. The molecule has 110 valence electrons. The van der Waals surface area contributed by atoms with Crippen LogP contribution in [0.15, 0.2) is 0 Å². The van der Waals surface area contributed by atoms with Gasteiger partial charge in [-0.05, 0) is 25.9 Å². The molecule has 0 aromatic rings. The van der Waals surface area contributed by atoms with E-state index in [0.717, 1.165) is 52.4 Å². The van der Waals surface area contributed by atoms with Gasteiger partial charge in [0.05, 0.1) is 0 Å². The van der Waals surface area contributed by atoms with Crippen LogP contribution in [0.1, 0.15) is 39.5 Å². The summed E-state index contributed by atoms with van der Waals surface area (Å²) in [7, 11) is 0. The Hall–Kier alpha value is -0.160. The Morgan fingerprint density at radius 1 is 0.444 bits per heavy atom. The van der Waals surface area contributed by atoms with Crippen LogP contribution in [-0.4, -0.2) is 52.4 Å². The summed E-state index contributed by atoms with van der Waals surface area (Å²) in [6, 6.07) is 0. The summed E-state index contributed by atoms with van der Waals surface area (Å²) in [5, 5.41) is 13.7. The summed E-state index contributed by atoms with van der Waals surface area (Å²) in [5.41, 5.74) is 0. The van der Waals surface area contributed by atoms with E-state index in [9.17, 15) is 0 Å². The fourth-order valence-corrected chi connectivity index (χ4v) is 1.63. The molecule has 0 fully saturated rings. The zero-order valence-electron chi connectivity index (χ0n) is 12.5. The van der Waals surface area contributed by atoms with Gasteiger partial charge in [-0.3, -0.25) is 0 Å². The van der Waals surface area contributed by atoms with Gasteiger partial charge in [0.15, 0.2) is 0 Å². The summed E-state index contributed by atoms with van der Waals surface area (Å²) < 4.78 is 0. The van der Waals surface area contributed by atoms with Crippen LogP contribution >= 0.6 is 0 Å². The van der Waals surface area contributed by atoms with Crippen LogP contribution < -0.4 is 21.3 Å². The first kappa shape index (κ1) is 17.8. The van der Waals surface area contributed by atoms with Gasteiger partial charge in [0.25, 0.3) is 0 Å². The lowest BCUT2D eigenvalue weighted by atomic mass is 10.3. The summed E-state index contributed by atoms with van der Waals surface area (Å²) in [6.07, 6.45) is 5.12. The van der Waals surface area contributed by atoms with Gasteiger partial charge in [-0.25, -0.2) is 0 Å². The molecule has 0 aliphatic rings. The van der Waals surface area contributed by atoms with Gasteiger partial charge in [-0.2, -0.15) is 0 Å². The highest BCUT2D eigenvalue weighted by Crippen LogP contribution is 1.81. The number of unbranched alkanes of at least 4 members (excludes halogenated alkanes) is 2. The molecule has 0 radical (unpaired) electrons. The van der Waals surface area contributed by atoms with Crippen LogP contribution in [0.3, 0.4) is 0 Å². The van der Waals surface area contributed by atoms with E-state index in [1.807, 2.05) is 0 Å². The zero-order chi connectivity index (χ0) is 13.3. The van der Waals surface area contributed by atoms with Gasteiger partial charge in [0.1, 0.15) is 0 Å². The molecule has 0 aromatic heterocycles. The van der Waals surface area contributed by atoms with Crippen molar-refractivity contribution in [2.75, 3.05) is 52.4 Å². The zero-order valence-corrected chi connectivity index (χ0v) is 12.5. The topological polar surface area (TPSA) is 48.1 Å². The van der Waals surface area contributed by atoms with E-state index < -0.39 is 0 Å². The molecule has 0 atom stereocenters. The normalized spacial score (nSPS) is 11.0. The molecule has 18 heavy (non-hydrogen) atoms. The number of hydrogen-bond acceptors (Lipinski definition) is 4. The molecular formula is C14H34N4.